The van der Waals surface area contributed by atoms with E-state index in [0.717, 1.165) is 12.8 Å². The first kappa shape index (κ1) is 9.49. The molecule has 0 aliphatic heterocycles. The van der Waals surface area contributed by atoms with Gasteiger partial charge in [0.25, 0.3) is 0 Å². The van der Waals surface area contributed by atoms with E-state index in [-0.39, 0.29) is 17.2 Å². The summed E-state index contributed by atoms with van der Waals surface area (Å²) < 4.78 is 0. The second-order valence-electron chi connectivity index (χ2n) is 4.51. The van der Waals surface area contributed by atoms with Crippen molar-refractivity contribution in [1.82, 2.24) is 5.32 Å². The highest BCUT2D eigenvalue weighted by atomic mass is 16.2. The number of carbonyl (C=O) groups is 2. The zero-order valence-electron chi connectivity index (χ0n) is 8.21. The summed E-state index contributed by atoms with van der Waals surface area (Å²) in [5.74, 6) is 0.144. The molecule has 2 amide bonds. The van der Waals surface area contributed by atoms with Gasteiger partial charge in [-0.25, -0.2) is 4.79 Å². The summed E-state index contributed by atoms with van der Waals surface area (Å²) in [5, 5.41) is 2.58. The number of primary amides is 1. The minimum Gasteiger partial charge on any atom is -0.352 e. The number of ketones is 1. The average molecular weight is 196 g/mol. The maximum atomic E-state index is 11.4. The fraction of sp³-hybridized carbons (Fsp3) is 0.800. The van der Waals surface area contributed by atoms with Crippen LogP contribution >= 0.6 is 0 Å². The number of hydrogen-bond acceptors (Lipinski definition) is 2. The Morgan fingerprint density at radius 3 is 2.50 bits per heavy atom. The van der Waals surface area contributed by atoms with Gasteiger partial charge >= 0.3 is 6.03 Å². The maximum absolute atomic E-state index is 11.4. The molecule has 0 aromatic heterocycles. The minimum atomic E-state index is -0.576. The molecule has 2 aliphatic carbocycles. The molecule has 4 heteroatoms. The van der Waals surface area contributed by atoms with Crippen molar-refractivity contribution < 1.29 is 9.59 Å². The van der Waals surface area contributed by atoms with Crippen LogP contribution < -0.4 is 11.1 Å². The van der Waals surface area contributed by atoms with Gasteiger partial charge in [-0.05, 0) is 12.8 Å². The molecule has 0 aromatic rings. The first-order valence-electron chi connectivity index (χ1n) is 5.23. The highest BCUT2D eigenvalue weighted by molar-refractivity contribution is 5.95. The van der Waals surface area contributed by atoms with E-state index >= 15 is 0 Å². The van der Waals surface area contributed by atoms with Gasteiger partial charge in [0, 0.05) is 11.8 Å². The van der Waals surface area contributed by atoms with Gasteiger partial charge in [-0.3, -0.25) is 4.79 Å². The van der Waals surface area contributed by atoms with Crippen molar-refractivity contribution in [3.05, 3.63) is 0 Å². The van der Waals surface area contributed by atoms with Gasteiger partial charge in [-0.1, -0.05) is 19.3 Å². The van der Waals surface area contributed by atoms with Gasteiger partial charge in [0.05, 0.1) is 6.04 Å². The van der Waals surface area contributed by atoms with Gasteiger partial charge in [0.2, 0.25) is 0 Å². The molecule has 1 atom stereocenters. The van der Waals surface area contributed by atoms with Crippen molar-refractivity contribution in [2.24, 2.45) is 11.1 Å². The second kappa shape index (κ2) is 3.26. The van der Waals surface area contributed by atoms with Crippen LogP contribution in [0.1, 0.15) is 38.5 Å². The summed E-state index contributed by atoms with van der Waals surface area (Å²) >= 11 is 0. The summed E-state index contributed by atoms with van der Waals surface area (Å²) in [5.41, 5.74) is 5.11. The Morgan fingerprint density at radius 2 is 2.00 bits per heavy atom. The van der Waals surface area contributed by atoms with E-state index in [1.165, 1.54) is 19.3 Å². The van der Waals surface area contributed by atoms with Crippen molar-refractivity contribution in [2.45, 2.75) is 44.6 Å². The van der Waals surface area contributed by atoms with Crippen molar-refractivity contribution in [3.8, 4) is 0 Å². The van der Waals surface area contributed by atoms with E-state index in [1.54, 1.807) is 0 Å². The normalized spacial score (nSPS) is 29.7. The zero-order chi connectivity index (χ0) is 10.2. The van der Waals surface area contributed by atoms with Crippen LogP contribution in [0.2, 0.25) is 0 Å². The Morgan fingerprint density at radius 1 is 1.36 bits per heavy atom. The number of nitrogens with two attached hydrogens (primary N) is 1. The number of rotatable bonds is 1. The Bertz CT molecular complexity index is 269. The third kappa shape index (κ3) is 1.38. The van der Waals surface area contributed by atoms with E-state index in [1.807, 2.05) is 0 Å². The lowest BCUT2D eigenvalue weighted by molar-refractivity contribution is -0.139. The molecule has 1 unspecified atom stereocenters. The molecule has 0 saturated heterocycles. The van der Waals surface area contributed by atoms with Crippen molar-refractivity contribution in [1.29, 1.82) is 0 Å². The lowest BCUT2D eigenvalue weighted by Crippen LogP contribution is -2.63. The van der Waals surface area contributed by atoms with Crippen molar-refractivity contribution >= 4 is 11.8 Å². The summed E-state index contributed by atoms with van der Waals surface area (Å²) in [4.78, 5) is 22.1. The topological polar surface area (TPSA) is 72.2 Å². The molecule has 2 saturated carbocycles. The summed E-state index contributed by atoms with van der Waals surface area (Å²) in [6, 6.07) is -0.867. The third-order valence-corrected chi connectivity index (χ3v) is 3.60. The molecule has 1 spiro atoms. The van der Waals surface area contributed by atoms with Crippen LogP contribution in [0.15, 0.2) is 0 Å². The minimum absolute atomic E-state index is 0.0599. The molecular formula is C10H16N2O2. The molecule has 2 fully saturated rings. The molecular weight excluding hydrogens is 180 g/mol. The van der Waals surface area contributed by atoms with E-state index in [2.05, 4.69) is 5.32 Å². The highest BCUT2D eigenvalue weighted by Crippen LogP contribution is 2.49. The largest absolute Gasteiger partial charge is 0.352 e. The molecule has 0 radical (unpaired) electrons. The van der Waals surface area contributed by atoms with Crippen LogP contribution in [0.4, 0.5) is 4.79 Å². The predicted octanol–water partition coefficient (Wildman–Crippen LogP) is 0.947. The van der Waals surface area contributed by atoms with Gasteiger partial charge in [0.15, 0.2) is 5.78 Å². The molecule has 0 bridgehead atoms. The van der Waals surface area contributed by atoms with E-state index in [0.29, 0.717) is 6.42 Å². The number of Topliss-reactive ketones (excluding diaryl/α,β-unsaturated/α-hetero) is 1. The first-order valence-corrected chi connectivity index (χ1v) is 5.23. The van der Waals surface area contributed by atoms with Crippen LogP contribution in [0.25, 0.3) is 0 Å². The standard InChI is InChI=1S/C10H16N2O2/c11-9(14)12-8-7(13)6-10(8)4-2-1-3-5-10/h8H,1-6H2,(H3,11,12,14). The molecule has 0 aromatic carbocycles. The van der Waals surface area contributed by atoms with E-state index in [9.17, 15) is 9.59 Å². The molecule has 4 nitrogen and oxygen atoms in total. The summed E-state index contributed by atoms with van der Waals surface area (Å²) in [7, 11) is 0. The maximum Gasteiger partial charge on any atom is 0.312 e. The van der Waals surface area contributed by atoms with Crippen LogP contribution in [0, 0.1) is 5.41 Å². The highest BCUT2D eigenvalue weighted by Gasteiger charge is 2.53. The van der Waals surface area contributed by atoms with E-state index in [4.69, 9.17) is 5.73 Å². The summed E-state index contributed by atoms with van der Waals surface area (Å²) in [6.07, 6.45) is 6.35. The second-order valence-corrected chi connectivity index (χ2v) is 4.51. The quantitative estimate of drug-likeness (QED) is 0.655. The molecule has 2 rings (SSSR count). The van der Waals surface area contributed by atoms with Crippen molar-refractivity contribution in [2.75, 3.05) is 0 Å². The van der Waals surface area contributed by atoms with Gasteiger partial charge < -0.3 is 11.1 Å². The van der Waals surface area contributed by atoms with Crippen LogP contribution in [-0.4, -0.2) is 17.9 Å². The molecule has 2 aliphatic rings. The monoisotopic (exact) mass is 196 g/mol. The predicted molar refractivity (Wildman–Crippen MR) is 51.6 cm³/mol. The van der Waals surface area contributed by atoms with Gasteiger partial charge in [-0.15, -0.1) is 0 Å². The van der Waals surface area contributed by atoms with Crippen LogP contribution in [-0.2, 0) is 4.79 Å². The van der Waals surface area contributed by atoms with Crippen molar-refractivity contribution in [3.63, 3.8) is 0 Å². The molecule has 14 heavy (non-hydrogen) atoms. The number of urea groups is 1. The Hall–Kier alpha value is -1.06. The van der Waals surface area contributed by atoms with E-state index < -0.39 is 6.03 Å². The van der Waals surface area contributed by atoms with Crippen LogP contribution in [0.3, 0.4) is 0 Å². The Kier molecular flexibility index (Phi) is 2.21. The first-order chi connectivity index (χ1) is 6.64. The van der Waals surface area contributed by atoms with Gasteiger partial charge in [-0.2, -0.15) is 0 Å². The fourth-order valence-corrected chi connectivity index (χ4v) is 2.86. The number of amides is 2. The molecule has 0 heterocycles. The summed E-state index contributed by atoms with van der Waals surface area (Å²) in [6.45, 7) is 0. The lowest BCUT2D eigenvalue weighted by atomic mass is 9.56. The lowest BCUT2D eigenvalue weighted by Gasteiger charge is -2.50. The third-order valence-electron chi connectivity index (χ3n) is 3.60. The molecule has 3 N–H and O–H groups in total. The number of carbonyl (C=O) groups excluding carboxylic acids is 2. The fourth-order valence-electron chi connectivity index (χ4n) is 2.86. The number of hydrogen-bond donors (Lipinski definition) is 2. The number of nitrogens with one attached hydrogen (secondary N) is 1. The molecule has 78 valence electrons. The Labute approximate surface area is 83.2 Å². The SMILES string of the molecule is NC(=O)NC1C(=O)CC12CCCCC2. The average Bonchev–Trinajstić information content (AvgIpc) is 2.16. The van der Waals surface area contributed by atoms with Gasteiger partial charge in [0.1, 0.15) is 0 Å². The zero-order valence-corrected chi connectivity index (χ0v) is 8.21. The van der Waals surface area contributed by atoms with Crippen LogP contribution in [0.5, 0.6) is 0 Å². The smallest absolute Gasteiger partial charge is 0.312 e. The Balaban J connectivity index is 2.05.